The van der Waals surface area contributed by atoms with Gasteiger partial charge in [0, 0.05) is 10.8 Å². The van der Waals surface area contributed by atoms with Gasteiger partial charge in [-0.2, -0.15) is 0 Å². The van der Waals surface area contributed by atoms with E-state index in [0.717, 1.165) is 27.5 Å². The Bertz CT molecular complexity index is 1280. The van der Waals surface area contributed by atoms with Crippen LogP contribution in [-0.2, 0) is 0 Å². The molecule has 0 aliphatic carbocycles. The molecule has 4 aromatic carbocycles. The summed E-state index contributed by atoms with van der Waals surface area (Å²) in [7, 11) is 0.669. The van der Waals surface area contributed by atoms with Crippen molar-refractivity contribution in [3.63, 3.8) is 0 Å². The Labute approximate surface area is 163 Å². The van der Waals surface area contributed by atoms with Crippen molar-refractivity contribution < 1.29 is 14.1 Å². The highest BCUT2D eigenvalue weighted by Crippen LogP contribution is 2.37. The van der Waals surface area contributed by atoms with E-state index in [1.54, 1.807) is 6.07 Å². The van der Waals surface area contributed by atoms with Crippen LogP contribution in [0.15, 0.2) is 95.4 Å². The van der Waals surface area contributed by atoms with Crippen molar-refractivity contribution in [3.05, 3.63) is 91.0 Å². The number of para-hydroxylation sites is 1. The maximum absolute atomic E-state index is 8.98. The van der Waals surface area contributed by atoms with E-state index in [9.17, 15) is 0 Å². The summed E-state index contributed by atoms with van der Waals surface area (Å²) >= 11 is 0. The van der Waals surface area contributed by atoms with Crippen LogP contribution < -0.4 is 4.65 Å². The summed E-state index contributed by atoms with van der Waals surface area (Å²) in [6.45, 7) is 0. The van der Waals surface area contributed by atoms with Crippen molar-refractivity contribution in [2.75, 3.05) is 0 Å². The first-order chi connectivity index (χ1) is 13.8. The first-order valence-corrected chi connectivity index (χ1v) is 9.07. The molecule has 0 bridgehead atoms. The van der Waals surface area contributed by atoms with E-state index in [0.29, 0.717) is 19.0 Å². The molecule has 0 aliphatic heterocycles. The lowest BCUT2D eigenvalue weighted by molar-refractivity contribution is 0.451. The van der Waals surface area contributed by atoms with Gasteiger partial charge in [-0.15, -0.1) is 0 Å². The molecule has 1 aromatic heterocycles. The fourth-order valence-electron chi connectivity index (χ4n) is 3.61. The van der Waals surface area contributed by atoms with Gasteiger partial charge in [-0.1, -0.05) is 66.7 Å². The highest BCUT2D eigenvalue weighted by molar-refractivity contribution is 6.18. The SMILES string of the molecule is O[B]Oc1cccc2c1oc1cc(-c3cccc(-c4ccccc4)c3)ccc12. The number of furan rings is 1. The minimum atomic E-state index is 0.490. The fraction of sp³-hybridized carbons (Fsp3) is 0. The summed E-state index contributed by atoms with van der Waals surface area (Å²) in [6, 6.07) is 30.7. The summed E-state index contributed by atoms with van der Waals surface area (Å²) in [5, 5.41) is 11.0. The second-order valence-electron chi connectivity index (χ2n) is 6.62. The van der Waals surface area contributed by atoms with E-state index in [1.807, 2.05) is 36.4 Å². The average molecular weight is 363 g/mol. The van der Waals surface area contributed by atoms with E-state index >= 15 is 0 Å². The zero-order chi connectivity index (χ0) is 18.9. The Morgan fingerprint density at radius 3 is 2.18 bits per heavy atom. The maximum Gasteiger partial charge on any atom is 0.569 e. The smallest absolute Gasteiger partial charge is 0.535 e. The molecule has 5 aromatic rings. The molecule has 3 nitrogen and oxygen atoms in total. The third-order valence-electron chi connectivity index (χ3n) is 4.95. The molecule has 0 fully saturated rings. The highest BCUT2D eigenvalue weighted by Gasteiger charge is 2.13. The third kappa shape index (κ3) is 2.84. The Balaban J connectivity index is 1.62. The molecule has 28 heavy (non-hydrogen) atoms. The predicted molar refractivity (Wildman–Crippen MR) is 113 cm³/mol. The van der Waals surface area contributed by atoms with Gasteiger partial charge in [-0.05, 0) is 46.5 Å². The Kier molecular flexibility index (Phi) is 4.11. The number of fused-ring (bicyclic) bond motifs is 3. The van der Waals surface area contributed by atoms with Crippen molar-refractivity contribution in [2.45, 2.75) is 0 Å². The molecule has 5 rings (SSSR count). The van der Waals surface area contributed by atoms with Crippen LogP contribution in [0.2, 0.25) is 0 Å². The lowest BCUT2D eigenvalue weighted by atomic mass is 9.98. The van der Waals surface area contributed by atoms with Crippen LogP contribution in [0.4, 0.5) is 0 Å². The Morgan fingerprint density at radius 1 is 0.643 bits per heavy atom. The Morgan fingerprint density at radius 2 is 1.36 bits per heavy atom. The van der Waals surface area contributed by atoms with Crippen molar-refractivity contribution >= 4 is 29.6 Å². The van der Waals surface area contributed by atoms with E-state index in [2.05, 4.69) is 48.5 Å². The minimum Gasteiger partial charge on any atom is -0.535 e. The maximum atomic E-state index is 8.98. The lowest BCUT2D eigenvalue weighted by Gasteiger charge is -2.06. The van der Waals surface area contributed by atoms with Crippen LogP contribution >= 0.6 is 0 Å². The van der Waals surface area contributed by atoms with Crippen LogP contribution in [-0.4, -0.2) is 12.7 Å². The molecule has 133 valence electrons. The van der Waals surface area contributed by atoms with Gasteiger partial charge in [-0.3, -0.25) is 0 Å². The summed E-state index contributed by atoms with van der Waals surface area (Å²) in [6.07, 6.45) is 0. The molecule has 0 aliphatic rings. The summed E-state index contributed by atoms with van der Waals surface area (Å²) in [4.78, 5) is 0. The van der Waals surface area contributed by atoms with Crippen molar-refractivity contribution in [1.29, 1.82) is 0 Å². The molecular formula is C24H16BO3. The topological polar surface area (TPSA) is 42.6 Å². The van der Waals surface area contributed by atoms with Gasteiger partial charge in [0.2, 0.25) is 0 Å². The van der Waals surface area contributed by atoms with Crippen LogP contribution in [0.5, 0.6) is 5.75 Å². The van der Waals surface area contributed by atoms with Crippen molar-refractivity contribution in [1.82, 2.24) is 0 Å². The van der Waals surface area contributed by atoms with Gasteiger partial charge in [0.25, 0.3) is 0 Å². The Hall–Kier alpha value is -3.50. The second-order valence-corrected chi connectivity index (χ2v) is 6.62. The molecule has 1 heterocycles. The number of hydrogen-bond donors (Lipinski definition) is 1. The molecule has 0 amide bonds. The minimum absolute atomic E-state index is 0.490. The second kappa shape index (κ2) is 6.91. The zero-order valence-electron chi connectivity index (χ0n) is 15.0. The van der Waals surface area contributed by atoms with Gasteiger partial charge in [0.1, 0.15) is 11.3 Å². The number of hydrogen-bond acceptors (Lipinski definition) is 3. The van der Waals surface area contributed by atoms with Gasteiger partial charge in [0.05, 0.1) is 0 Å². The molecule has 0 atom stereocenters. The molecule has 0 unspecified atom stereocenters. The normalized spacial score (nSPS) is 11.0. The van der Waals surface area contributed by atoms with Gasteiger partial charge in [0.15, 0.2) is 5.58 Å². The lowest BCUT2D eigenvalue weighted by Crippen LogP contribution is -1.99. The van der Waals surface area contributed by atoms with Crippen LogP contribution in [0.3, 0.4) is 0 Å². The molecular weight excluding hydrogens is 347 g/mol. The summed E-state index contributed by atoms with van der Waals surface area (Å²) < 4.78 is 11.2. The monoisotopic (exact) mass is 363 g/mol. The van der Waals surface area contributed by atoms with Crippen LogP contribution in [0.1, 0.15) is 0 Å². The van der Waals surface area contributed by atoms with Gasteiger partial charge in [-0.25, -0.2) is 0 Å². The van der Waals surface area contributed by atoms with Gasteiger partial charge < -0.3 is 14.1 Å². The first kappa shape index (κ1) is 16.7. The quantitative estimate of drug-likeness (QED) is 0.409. The van der Waals surface area contributed by atoms with Crippen molar-refractivity contribution in [3.8, 4) is 28.0 Å². The molecule has 0 saturated heterocycles. The standard InChI is InChI=1S/C24H16BO3/c26-25-28-22-11-5-10-21-20-13-12-19(15-23(20)27-24(21)22)18-9-4-8-17(14-18)16-6-2-1-3-7-16/h1-15,26H. The zero-order valence-corrected chi connectivity index (χ0v) is 15.0. The summed E-state index contributed by atoms with van der Waals surface area (Å²) in [5.41, 5.74) is 5.99. The molecule has 1 radical (unpaired) electrons. The molecule has 0 spiro atoms. The first-order valence-electron chi connectivity index (χ1n) is 9.07. The van der Waals surface area contributed by atoms with Crippen LogP contribution in [0.25, 0.3) is 44.2 Å². The number of rotatable bonds is 4. The van der Waals surface area contributed by atoms with E-state index < -0.39 is 0 Å². The fourth-order valence-corrected chi connectivity index (χ4v) is 3.61. The van der Waals surface area contributed by atoms with Crippen molar-refractivity contribution in [2.24, 2.45) is 0 Å². The molecule has 1 N–H and O–H groups in total. The van der Waals surface area contributed by atoms with Crippen LogP contribution in [0, 0.1) is 0 Å². The summed E-state index contributed by atoms with van der Waals surface area (Å²) in [5.74, 6) is 0.490. The van der Waals surface area contributed by atoms with E-state index in [-0.39, 0.29) is 0 Å². The highest BCUT2D eigenvalue weighted by atomic mass is 16.5. The van der Waals surface area contributed by atoms with E-state index in [4.69, 9.17) is 14.1 Å². The average Bonchev–Trinajstić information content (AvgIpc) is 3.14. The molecule has 4 heteroatoms. The number of benzene rings is 4. The van der Waals surface area contributed by atoms with Gasteiger partial charge >= 0.3 is 7.69 Å². The largest absolute Gasteiger partial charge is 0.569 e. The third-order valence-corrected chi connectivity index (χ3v) is 4.95. The van der Waals surface area contributed by atoms with E-state index in [1.165, 1.54) is 11.1 Å². The predicted octanol–water partition coefficient (Wildman–Crippen LogP) is 5.83. The molecule has 0 saturated carbocycles.